The standard InChI is InChI=1S/C23H33N5/c1-19-11-13-24-23(25-19)26-21-9-7-20(8-10-21)12-14-27-15-17-28(18-16-27)22-5-3-2-4-6-22/h2-6,11,13,20-21H,7-10,12,14-18H2,1H3,(H,24,25,26). The van der Waals surface area contributed by atoms with Crippen molar-refractivity contribution in [3.8, 4) is 0 Å². The van der Waals surface area contributed by atoms with Gasteiger partial charge in [-0.25, -0.2) is 9.97 Å². The fourth-order valence-electron chi connectivity index (χ4n) is 4.53. The number of para-hydroxylation sites is 1. The van der Waals surface area contributed by atoms with Gasteiger partial charge >= 0.3 is 0 Å². The fraction of sp³-hybridized carbons (Fsp3) is 0.565. The van der Waals surface area contributed by atoms with Gasteiger partial charge in [-0.05, 0) is 69.7 Å². The Balaban J connectivity index is 1.14. The third-order valence-corrected chi connectivity index (χ3v) is 6.32. The molecule has 1 saturated heterocycles. The van der Waals surface area contributed by atoms with Crippen LogP contribution in [-0.4, -0.2) is 53.6 Å². The predicted octanol–water partition coefficient (Wildman–Crippen LogP) is 3.97. The first kappa shape index (κ1) is 19.2. The van der Waals surface area contributed by atoms with Gasteiger partial charge in [0.2, 0.25) is 5.95 Å². The summed E-state index contributed by atoms with van der Waals surface area (Å²) in [6.45, 7) is 7.96. The maximum absolute atomic E-state index is 4.48. The molecule has 28 heavy (non-hydrogen) atoms. The van der Waals surface area contributed by atoms with Gasteiger partial charge in [0.15, 0.2) is 0 Å². The Labute approximate surface area is 169 Å². The number of rotatable bonds is 6. The zero-order chi connectivity index (χ0) is 19.2. The van der Waals surface area contributed by atoms with E-state index >= 15 is 0 Å². The highest BCUT2D eigenvalue weighted by atomic mass is 15.3. The van der Waals surface area contributed by atoms with Gasteiger partial charge in [-0.2, -0.15) is 0 Å². The lowest BCUT2D eigenvalue weighted by molar-refractivity contribution is 0.218. The first-order chi connectivity index (χ1) is 13.8. The molecule has 0 unspecified atom stereocenters. The van der Waals surface area contributed by atoms with E-state index in [1.165, 1.54) is 57.4 Å². The zero-order valence-electron chi connectivity index (χ0n) is 17.1. The Morgan fingerprint density at radius 3 is 2.43 bits per heavy atom. The van der Waals surface area contributed by atoms with Crippen molar-refractivity contribution in [1.82, 2.24) is 14.9 Å². The molecule has 4 rings (SSSR count). The normalized spacial score (nSPS) is 23.5. The van der Waals surface area contributed by atoms with Crippen LogP contribution in [0.4, 0.5) is 11.6 Å². The number of nitrogens with zero attached hydrogens (tertiary/aromatic N) is 4. The first-order valence-electron chi connectivity index (χ1n) is 10.8. The Kier molecular flexibility index (Phi) is 6.42. The van der Waals surface area contributed by atoms with Crippen LogP contribution in [0, 0.1) is 12.8 Å². The van der Waals surface area contributed by atoms with Crippen molar-refractivity contribution in [2.24, 2.45) is 5.92 Å². The molecule has 1 N–H and O–H groups in total. The molecule has 2 heterocycles. The van der Waals surface area contributed by atoms with Gasteiger partial charge in [-0.1, -0.05) is 18.2 Å². The second-order valence-corrected chi connectivity index (χ2v) is 8.34. The average molecular weight is 380 g/mol. The summed E-state index contributed by atoms with van der Waals surface area (Å²) >= 11 is 0. The van der Waals surface area contributed by atoms with E-state index in [0.29, 0.717) is 6.04 Å². The molecule has 5 nitrogen and oxygen atoms in total. The van der Waals surface area contributed by atoms with E-state index < -0.39 is 0 Å². The fourth-order valence-corrected chi connectivity index (χ4v) is 4.53. The van der Waals surface area contributed by atoms with E-state index in [1.54, 1.807) is 0 Å². The van der Waals surface area contributed by atoms with Gasteiger partial charge in [0.1, 0.15) is 0 Å². The molecule has 0 bridgehead atoms. The molecule has 1 aliphatic carbocycles. The highest BCUT2D eigenvalue weighted by molar-refractivity contribution is 5.46. The number of aryl methyl sites for hydroxylation is 1. The molecule has 1 saturated carbocycles. The van der Waals surface area contributed by atoms with Gasteiger partial charge in [0, 0.05) is 49.8 Å². The van der Waals surface area contributed by atoms with Crippen LogP contribution in [0.15, 0.2) is 42.6 Å². The lowest BCUT2D eigenvalue weighted by atomic mass is 9.84. The molecule has 1 aromatic heterocycles. The Morgan fingerprint density at radius 2 is 1.71 bits per heavy atom. The lowest BCUT2D eigenvalue weighted by Gasteiger charge is -2.37. The van der Waals surface area contributed by atoms with Crippen LogP contribution in [0.3, 0.4) is 0 Å². The Hall–Kier alpha value is -2.14. The first-order valence-corrected chi connectivity index (χ1v) is 10.8. The summed E-state index contributed by atoms with van der Waals surface area (Å²) < 4.78 is 0. The molecule has 0 radical (unpaired) electrons. The molecule has 2 aliphatic rings. The summed E-state index contributed by atoms with van der Waals surface area (Å²) in [4.78, 5) is 14.0. The minimum Gasteiger partial charge on any atom is -0.369 e. The summed E-state index contributed by atoms with van der Waals surface area (Å²) in [6.07, 6.45) is 8.32. The molecule has 0 spiro atoms. The summed E-state index contributed by atoms with van der Waals surface area (Å²) in [7, 11) is 0. The summed E-state index contributed by atoms with van der Waals surface area (Å²) in [5, 5.41) is 3.53. The number of benzene rings is 1. The van der Waals surface area contributed by atoms with Crippen LogP contribution in [-0.2, 0) is 0 Å². The smallest absolute Gasteiger partial charge is 0.223 e. The lowest BCUT2D eigenvalue weighted by Crippen LogP contribution is -2.47. The van der Waals surface area contributed by atoms with Crippen LogP contribution in [0.5, 0.6) is 0 Å². The molecule has 1 aromatic carbocycles. The maximum Gasteiger partial charge on any atom is 0.223 e. The summed E-state index contributed by atoms with van der Waals surface area (Å²) in [5.41, 5.74) is 2.39. The van der Waals surface area contributed by atoms with Crippen molar-refractivity contribution in [2.75, 3.05) is 42.9 Å². The van der Waals surface area contributed by atoms with Crippen LogP contribution < -0.4 is 10.2 Å². The number of hydrogen-bond acceptors (Lipinski definition) is 5. The van der Waals surface area contributed by atoms with Crippen LogP contribution in [0.25, 0.3) is 0 Å². The van der Waals surface area contributed by atoms with E-state index in [2.05, 4.69) is 55.4 Å². The number of nitrogens with one attached hydrogen (secondary N) is 1. The van der Waals surface area contributed by atoms with Crippen LogP contribution >= 0.6 is 0 Å². The molecule has 0 atom stereocenters. The zero-order valence-corrected chi connectivity index (χ0v) is 17.1. The van der Waals surface area contributed by atoms with Crippen molar-refractivity contribution in [2.45, 2.75) is 45.1 Å². The average Bonchev–Trinajstić information content (AvgIpc) is 2.74. The monoisotopic (exact) mass is 379 g/mol. The van der Waals surface area contributed by atoms with E-state index in [0.717, 1.165) is 30.6 Å². The minimum absolute atomic E-state index is 0.535. The Morgan fingerprint density at radius 1 is 0.964 bits per heavy atom. The van der Waals surface area contributed by atoms with Gasteiger partial charge in [-0.15, -0.1) is 0 Å². The number of piperazine rings is 1. The van der Waals surface area contributed by atoms with E-state index in [4.69, 9.17) is 0 Å². The number of aromatic nitrogens is 2. The minimum atomic E-state index is 0.535. The SMILES string of the molecule is Cc1ccnc(NC2CCC(CCN3CCN(c4ccccc4)CC3)CC2)n1. The van der Waals surface area contributed by atoms with Crippen molar-refractivity contribution in [1.29, 1.82) is 0 Å². The van der Waals surface area contributed by atoms with Crippen molar-refractivity contribution >= 4 is 11.6 Å². The summed E-state index contributed by atoms with van der Waals surface area (Å²) in [6, 6.07) is 13.3. The molecule has 2 aromatic rings. The molecule has 150 valence electrons. The topological polar surface area (TPSA) is 44.3 Å². The van der Waals surface area contributed by atoms with E-state index in [1.807, 2.05) is 19.2 Å². The quantitative estimate of drug-likeness (QED) is 0.823. The highest BCUT2D eigenvalue weighted by Gasteiger charge is 2.23. The summed E-state index contributed by atoms with van der Waals surface area (Å²) in [5.74, 6) is 1.67. The highest BCUT2D eigenvalue weighted by Crippen LogP contribution is 2.28. The van der Waals surface area contributed by atoms with Gasteiger partial charge in [-0.3, -0.25) is 4.90 Å². The molecular formula is C23H33N5. The molecule has 2 fully saturated rings. The van der Waals surface area contributed by atoms with Crippen LogP contribution in [0.1, 0.15) is 37.8 Å². The van der Waals surface area contributed by atoms with Crippen molar-refractivity contribution < 1.29 is 0 Å². The molecule has 5 heteroatoms. The predicted molar refractivity (Wildman–Crippen MR) is 116 cm³/mol. The van der Waals surface area contributed by atoms with Crippen molar-refractivity contribution in [3.05, 3.63) is 48.3 Å². The number of anilines is 2. The maximum atomic E-state index is 4.48. The van der Waals surface area contributed by atoms with Crippen LogP contribution in [0.2, 0.25) is 0 Å². The third-order valence-electron chi connectivity index (χ3n) is 6.32. The van der Waals surface area contributed by atoms with E-state index in [-0.39, 0.29) is 0 Å². The van der Waals surface area contributed by atoms with Gasteiger partial charge < -0.3 is 10.2 Å². The largest absolute Gasteiger partial charge is 0.369 e. The third kappa shape index (κ3) is 5.22. The second kappa shape index (κ2) is 9.37. The van der Waals surface area contributed by atoms with Gasteiger partial charge in [0.05, 0.1) is 0 Å². The van der Waals surface area contributed by atoms with Crippen molar-refractivity contribution in [3.63, 3.8) is 0 Å². The van der Waals surface area contributed by atoms with E-state index in [9.17, 15) is 0 Å². The molecular weight excluding hydrogens is 346 g/mol. The number of hydrogen-bond donors (Lipinski definition) is 1. The molecule has 0 amide bonds. The van der Waals surface area contributed by atoms with Gasteiger partial charge in [0.25, 0.3) is 0 Å². The second-order valence-electron chi connectivity index (χ2n) is 8.34. The Bertz CT molecular complexity index is 719. The molecule has 1 aliphatic heterocycles.